The molecule has 0 fully saturated rings. The van der Waals surface area contributed by atoms with Crippen LogP contribution >= 0.6 is 11.8 Å². The molecule has 0 unspecified atom stereocenters. The van der Waals surface area contributed by atoms with Crippen molar-refractivity contribution >= 4 is 11.8 Å². The third-order valence-corrected chi connectivity index (χ3v) is 5.82. The molecule has 0 atom stereocenters. The van der Waals surface area contributed by atoms with Crippen LogP contribution in [0.3, 0.4) is 0 Å². The quantitative estimate of drug-likeness (QED) is 0.422. The lowest BCUT2D eigenvalue weighted by Gasteiger charge is -2.14. The van der Waals surface area contributed by atoms with Gasteiger partial charge in [-0.2, -0.15) is 0 Å². The Hall–Kier alpha value is -1.21. The van der Waals surface area contributed by atoms with E-state index in [0.717, 1.165) is 0 Å². The Morgan fingerprint density at radius 1 is 0.560 bits per heavy atom. The van der Waals surface area contributed by atoms with Gasteiger partial charge in [0, 0.05) is 9.79 Å². The van der Waals surface area contributed by atoms with Crippen molar-refractivity contribution in [1.82, 2.24) is 0 Å². The average molecular weight is 355 g/mol. The van der Waals surface area contributed by atoms with Gasteiger partial charge in [-0.25, -0.2) is 0 Å². The zero-order valence-corrected chi connectivity index (χ0v) is 17.3. The molecule has 0 radical (unpaired) electrons. The van der Waals surface area contributed by atoms with Gasteiger partial charge in [-0.3, -0.25) is 0 Å². The molecule has 2 rings (SSSR count). The predicted octanol–water partition coefficient (Wildman–Crippen LogP) is 7.65. The Balaban J connectivity index is 2.31. The van der Waals surface area contributed by atoms with Gasteiger partial charge < -0.3 is 0 Å². The molecule has 136 valence electrons. The highest BCUT2D eigenvalue weighted by Gasteiger charge is 2.10. The van der Waals surface area contributed by atoms with E-state index in [2.05, 4.69) is 64.1 Å². The Kier molecular flexibility index (Phi) is 8.61. The highest BCUT2D eigenvalue weighted by atomic mass is 32.2. The van der Waals surface area contributed by atoms with Gasteiger partial charge >= 0.3 is 0 Å². The van der Waals surface area contributed by atoms with Gasteiger partial charge in [-0.05, 0) is 60.1 Å². The van der Waals surface area contributed by atoms with Crippen LogP contribution in [0, 0.1) is 0 Å². The molecule has 2 aromatic carbocycles. The van der Waals surface area contributed by atoms with E-state index in [1.807, 2.05) is 11.8 Å². The van der Waals surface area contributed by atoms with Crippen LogP contribution in [0.2, 0.25) is 0 Å². The maximum absolute atomic E-state index is 2.44. The maximum atomic E-state index is 2.44. The van der Waals surface area contributed by atoms with Gasteiger partial charge in [0.2, 0.25) is 0 Å². The molecule has 0 spiro atoms. The van der Waals surface area contributed by atoms with Gasteiger partial charge in [0.1, 0.15) is 0 Å². The first-order valence-electron chi connectivity index (χ1n) is 10.1. The van der Waals surface area contributed by atoms with Crippen molar-refractivity contribution in [2.75, 3.05) is 0 Å². The maximum Gasteiger partial charge on any atom is 0.0154 e. The van der Waals surface area contributed by atoms with E-state index in [0.29, 0.717) is 0 Å². The van der Waals surface area contributed by atoms with Gasteiger partial charge in [0.15, 0.2) is 0 Å². The Morgan fingerprint density at radius 3 is 1.32 bits per heavy atom. The third kappa shape index (κ3) is 5.92. The lowest BCUT2D eigenvalue weighted by molar-refractivity contribution is 0.873. The summed E-state index contributed by atoms with van der Waals surface area (Å²) in [6, 6.07) is 14.3. The molecular weight excluding hydrogens is 320 g/mol. The number of rotatable bonds is 10. The van der Waals surface area contributed by atoms with Crippen LogP contribution < -0.4 is 0 Å². The summed E-state index contributed by atoms with van der Waals surface area (Å²) < 4.78 is 0. The zero-order valence-electron chi connectivity index (χ0n) is 16.5. The second-order valence-electron chi connectivity index (χ2n) is 6.99. The van der Waals surface area contributed by atoms with Crippen LogP contribution in [0.4, 0.5) is 0 Å². The first-order valence-corrected chi connectivity index (χ1v) is 10.9. The van der Waals surface area contributed by atoms with E-state index in [-0.39, 0.29) is 0 Å². The van der Waals surface area contributed by atoms with Gasteiger partial charge in [0.05, 0.1) is 0 Å². The molecule has 0 aromatic heterocycles. The topological polar surface area (TPSA) is 0 Å². The number of benzene rings is 2. The molecule has 0 amide bonds. The average Bonchev–Trinajstić information content (AvgIpc) is 2.60. The lowest BCUT2D eigenvalue weighted by atomic mass is 10.0. The minimum Gasteiger partial charge on any atom is -0.0895 e. The molecule has 2 aromatic rings. The number of hydrogen-bond acceptors (Lipinski definition) is 1. The van der Waals surface area contributed by atoms with Crippen LogP contribution in [0.15, 0.2) is 46.2 Å². The molecule has 0 aliphatic rings. The minimum absolute atomic E-state index is 1.18. The molecule has 0 aliphatic carbocycles. The predicted molar refractivity (Wildman–Crippen MR) is 113 cm³/mol. The molecule has 1 heteroatoms. The van der Waals surface area contributed by atoms with Crippen LogP contribution in [-0.4, -0.2) is 0 Å². The van der Waals surface area contributed by atoms with Crippen molar-refractivity contribution in [2.45, 2.75) is 88.9 Å². The Bertz CT molecular complexity index is 600. The van der Waals surface area contributed by atoms with E-state index in [1.165, 1.54) is 83.4 Å². The van der Waals surface area contributed by atoms with Crippen LogP contribution in [0.5, 0.6) is 0 Å². The first-order chi connectivity index (χ1) is 12.2. The second-order valence-corrected chi connectivity index (χ2v) is 8.07. The SMILES string of the molecule is CCCc1ccc(Sc2ccc(CCC)cc2CCC)c(CCC)c1. The van der Waals surface area contributed by atoms with E-state index in [4.69, 9.17) is 0 Å². The molecule has 0 heterocycles. The van der Waals surface area contributed by atoms with Gasteiger partial charge in [-0.1, -0.05) is 89.4 Å². The fourth-order valence-corrected chi connectivity index (χ4v) is 4.49. The Morgan fingerprint density at radius 2 is 0.960 bits per heavy atom. The monoisotopic (exact) mass is 354 g/mol. The van der Waals surface area contributed by atoms with Crippen molar-refractivity contribution in [3.8, 4) is 0 Å². The summed E-state index contributed by atoms with van der Waals surface area (Å²) >= 11 is 1.97. The first kappa shape index (κ1) is 20.1. The molecule has 0 bridgehead atoms. The highest BCUT2D eigenvalue weighted by Crippen LogP contribution is 2.35. The fraction of sp³-hybridized carbons (Fsp3) is 0.500. The van der Waals surface area contributed by atoms with Crippen LogP contribution in [0.1, 0.15) is 75.6 Å². The van der Waals surface area contributed by atoms with Gasteiger partial charge in [0.25, 0.3) is 0 Å². The lowest BCUT2D eigenvalue weighted by Crippen LogP contribution is -1.95. The summed E-state index contributed by atoms with van der Waals surface area (Å²) in [6.45, 7) is 9.08. The van der Waals surface area contributed by atoms with Crippen molar-refractivity contribution in [3.05, 3.63) is 58.7 Å². The summed E-state index contributed by atoms with van der Waals surface area (Å²) in [4.78, 5) is 2.89. The number of aryl methyl sites for hydroxylation is 4. The second kappa shape index (κ2) is 10.7. The van der Waals surface area contributed by atoms with Crippen molar-refractivity contribution < 1.29 is 0 Å². The molecule has 25 heavy (non-hydrogen) atoms. The van der Waals surface area contributed by atoms with Crippen LogP contribution in [-0.2, 0) is 25.7 Å². The van der Waals surface area contributed by atoms with E-state index < -0.39 is 0 Å². The standard InChI is InChI=1S/C24H34S/c1-5-9-19-13-15-23(21(17-19)11-7-3)25-24-16-14-20(10-6-2)18-22(24)12-8-4/h13-18H,5-12H2,1-4H3. The largest absolute Gasteiger partial charge is 0.0895 e. The summed E-state index contributed by atoms with van der Waals surface area (Å²) in [5.41, 5.74) is 6.03. The van der Waals surface area contributed by atoms with E-state index in [9.17, 15) is 0 Å². The molecule has 0 N–H and O–H groups in total. The van der Waals surface area contributed by atoms with E-state index >= 15 is 0 Å². The van der Waals surface area contributed by atoms with Crippen molar-refractivity contribution in [3.63, 3.8) is 0 Å². The summed E-state index contributed by atoms with van der Waals surface area (Å²) in [5.74, 6) is 0. The van der Waals surface area contributed by atoms with Crippen molar-refractivity contribution in [1.29, 1.82) is 0 Å². The summed E-state index contributed by atoms with van der Waals surface area (Å²) in [6.07, 6.45) is 9.59. The van der Waals surface area contributed by atoms with E-state index in [1.54, 1.807) is 0 Å². The van der Waals surface area contributed by atoms with Gasteiger partial charge in [-0.15, -0.1) is 0 Å². The summed E-state index contributed by atoms with van der Waals surface area (Å²) in [5, 5.41) is 0. The third-order valence-electron chi connectivity index (χ3n) is 4.59. The smallest absolute Gasteiger partial charge is 0.0154 e. The molecular formula is C24H34S. The van der Waals surface area contributed by atoms with Crippen molar-refractivity contribution in [2.24, 2.45) is 0 Å². The van der Waals surface area contributed by atoms with Crippen LogP contribution in [0.25, 0.3) is 0 Å². The molecule has 0 saturated carbocycles. The summed E-state index contributed by atoms with van der Waals surface area (Å²) in [7, 11) is 0. The molecule has 0 aliphatic heterocycles. The molecule has 0 saturated heterocycles. The molecule has 0 nitrogen and oxygen atoms in total. The Labute approximate surface area is 159 Å². The fourth-order valence-electron chi connectivity index (χ4n) is 3.40. The zero-order chi connectivity index (χ0) is 18.1. The highest BCUT2D eigenvalue weighted by molar-refractivity contribution is 7.99. The minimum atomic E-state index is 1.18. The number of hydrogen-bond donors (Lipinski definition) is 0. The normalized spacial score (nSPS) is 11.0.